The Bertz CT molecular complexity index is 242. The number of isothiocyanates is 1. The van der Waals surface area contributed by atoms with Gasteiger partial charge in [0.2, 0.25) is 0 Å². The van der Waals surface area contributed by atoms with Crippen molar-refractivity contribution < 1.29 is 9.90 Å². The highest BCUT2D eigenvalue weighted by Gasteiger charge is 2.38. The molecule has 74 valence electrons. The number of hydrogen-bond donors (Lipinski definition) is 1. The van der Waals surface area contributed by atoms with Gasteiger partial charge in [-0.2, -0.15) is 0 Å². The molecule has 0 bridgehead atoms. The molecule has 0 radical (unpaired) electrons. The van der Waals surface area contributed by atoms with Gasteiger partial charge in [0.25, 0.3) is 0 Å². The highest BCUT2D eigenvalue weighted by molar-refractivity contribution is 7.78. The third kappa shape index (κ3) is 2.90. The molecule has 4 heteroatoms. The lowest BCUT2D eigenvalue weighted by Gasteiger charge is -2.29. The fraction of sp³-hybridized carbons (Fsp3) is 0.778. The number of carbonyl (C=O) groups is 1. The van der Waals surface area contributed by atoms with Crippen molar-refractivity contribution in [2.75, 3.05) is 0 Å². The summed E-state index contributed by atoms with van der Waals surface area (Å²) in [5, 5.41) is 11.2. The van der Waals surface area contributed by atoms with Crippen LogP contribution < -0.4 is 0 Å². The van der Waals surface area contributed by atoms with Gasteiger partial charge in [-0.25, -0.2) is 4.99 Å². The Morgan fingerprint density at radius 1 is 1.54 bits per heavy atom. The first-order valence-corrected chi connectivity index (χ1v) is 4.55. The van der Waals surface area contributed by atoms with Crippen molar-refractivity contribution >= 4 is 23.3 Å². The highest BCUT2D eigenvalue weighted by Crippen LogP contribution is 2.28. The van der Waals surface area contributed by atoms with Crippen LogP contribution >= 0.6 is 12.2 Å². The van der Waals surface area contributed by atoms with Gasteiger partial charge in [-0.05, 0) is 32.0 Å². The average molecular weight is 201 g/mol. The summed E-state index contributed by atoms with van der Waals surface area (Å²) >= 11 is 4.49. The van der Waals surface area contributed by atoms with Gasteiger partial charge in [0.1, 0.15) is 0 Å². The number of hydrogen-bond acceptors (Lipinski definition) is 3. The maximum atomic E-state index is 10.9. The van der Waals surface area contributed by atoms with E-state index < -0.39 is 11.4 Å². The van der Waals surface area contributed by atoms with Gasteiger partial charge < -0.3 is 5.11 Å². The number of rotatable bonds is 4. The van der Waals surface area contributed by atoms with E-state index in [1.54, 1.807) is 13.8 Å². The van der Waals surface area contributed by atoms with Crippen molar-refractivity contribution in [2.24, 2.45) is 16.3 Å². The first kappa shape index (κ1) is 12.3. The summed E-state index contributed by atoms with van der Waals surface area (Å²) in [6, 6.07) is -0.317. The van der Waals surface area contributed by atoms with Gasteiger partial charge in [0, 0.05) is 0 Å². The summed E-state index contributed by atoms with van der Waals surface area (Å²) in [6.45, 7) is 7.14. The van der Waals surface area contributed by atoms with E-state index in [1.807, 2.05) is 13.8 Å². The van der Waals surface area contributed by atoms with Crippen LogP contribution in [0.25, 0.3) is 0 Å². The second-order valence-electron chi connectivity index (χ2n) is 3.94. The topological polar surface area (TPSA) is 49.7 Å². The van der Waals surface area contributed by atoms with Gasteiger partial charge in [-0.15, -0.1) is 0 Å². The smallest absolute Gasteiger partial charge is 0.311 e. The van der Waals surface area contributed by atoms with E-state index in [0.717, 1.165) is 0 Å². The Morgan fingerprint density at radius 3 is 2.23 bits per heavy atom. The minimum absolute atomic E-state index is 0.140. The summed E-state index contributed by atoms with van der Waals surface area (Å²) in [6.07, 6.45) is 0. The number of nitrogens with zero attached hydrogens (tertiary/aromatic N) is 1. The molecular formula is C9H15NO2S. The summed E-state index contributed by atoms with van der Waals surface area (Å²) < 4.78 is 0. The summed E-state index contributed by atoms with van der Waals surface area (Å²) in [7, 11) is 0. The largest absolute Gasteiger partial charge is 0.481 e. The van der Waals surface area contributed by atoms with Crippen LogP contribution in [0.3, 0.4) is 0 Å². The van der Waals surface area contributed by atoms with Crippen molar-refractivity contribution in [1.29, 1.82) is 0 Å². The molecule has 1 atom stereocenters. The molecule has 0 spiro atoms. The zero-order valence-corrected chi connectivity index (χ0v) is 9.18. The third-order valence-electron chi connectivity index (χ3n) is 2.11. The number of thiocarbonyl (C=S) groups is 1. The molecule has 1 N–H and O–H groups in total. The van der Waals surface area contributed by atoms with E-state index in [1.165, 1.54) is 0 Å². The van der Waals surface area contributed by atoms with Crippen LogP contribution in [-0.2, 0) is 4.79 Å². The Balaban J connectivity index is 4.93. The number of carboxylic acids is 1. The predicted molar refractivity (Wildman–Crippen MR) is 55.1 cm³/mol. The van der Waals surface area contributed by atoms with E-state index in [4.69, 9.17) is 5.11 Å². The maximum Gasteiger partial charge on any atom is 0.311 e. The van der Waals surface area contributed by atoms with E-state index >= 15 is 0 Å². The first-order chi connectivity index (χ1) is 5.84. The van der Waals surface area contributed by atoms with Crippen LogP contribution in [0, 0.1) is 11.3 Å². The SMILES string of the molecule is CC(C)C(N=C=S)C(C)(C)C(=O)O. The van der Waals surface area contributed by atoms with Gasteiger partial charge in [-0.1, -0.05) is 13.8 Å². The second-order valence-corrected chi connectivity index (χ2v) is 4.12. The van der Waals surface area contributed by atoms with Crippen LogP contribution in [0.5, 0.6) is 0 Å². The van der Waals surface area contributed by atoms with Gasteiger partial charge in [0.15, 0.2) is 0 Å². The number of carboxylic acid groups (broad SMARTS) is 1. The van der Waals surface area contributed by atoms with Crippen molar-refractivity contribution in [2.45, 2.75) is 33.7 Å². The Kier molecular flexibility index (Phi) is 4.24. The minimum atomic E-state index is -0.889. The lowest BCUT2D eigenvalue weighted by molar-refractivity contribution is -0.148. The van der Waals surface area contributed by atoms with Crippen LogP contribution in [-0.4, -0.2) is 22.3 Å². The molecule has 0 aromatic rings. The molecule has 0 aliphatic heterocycles. The molecule has 0 heterocycles. The zero-order valence-electron chi connectivity index (χ0n) is 8.37. The number of aliphatic carboxylic acids is 1. The van der Waals surface area contributed by atoms with Gasteiger partial charge in [-0.3, -0.25) is 4.79 Å². The lowest BCUT2D eigenvalue weighted by Crippen LogP contribution is -2.39. The Morgan fingerprint density at radius 2 is 2.00 bits per heavy atom. The standard InChI is InChI=1S/C9H15NO2S/c1-6(2)7(10-5-13)9(3,4)8(11)12/h6-7H,1-4H3,(H,11,12). The highest BCUT2D eigenvalue weighted by atomic mass is 32.1. The summed E-state index contributed by atoms with van der Waals surface area (Å²) in [5.41, 5.74) is -0.889. The molecule has 0 amide bonds. The van der Waals surface area contributed by atoms with Crippen LogP contribution in [0.2, 0.25) is 0 Å². The summed E-state index contributed by atoms with van der Waals surface area (Å²) in [4.78, 5) is 14.8. The van der Waals surface area contributed by atoms with Crippen molar-refractivity contribution in [3.63, 3.8) is 0 Å². The second kappa shape index (κ2) is 4.49. The minimum Gasteiger partial charge on any atom is -0.481 e. The van der Waals surface area contributed by atoms with Crippen LogP contribution in [0.15, 0.2) is 4.99 Å². The normalized spacial score (nSPS) is 13.6. The lowest BCUT2D eigenvalue weighted by atomic mass is 9.79. The predicted octanol–water partition coefficient (Wildman–Crippen LogP) is 2.22. The molecule has 13 heavy (non-hydrogen) atoms. The molecule has 0 fully saturated rings. The fourth-order valence-electron chi connectivity index (χ4n) is 1.33. The molecule has 0 saturated carbocycles. The van der Waals surface area contributed by atoms with Crippen LogP contribution in [0.1, 0.15) is 27.7 Å². The molecule has 3 nitrogen and oxygen atoms in total. The van der Waals surface area contributed by atoms with Crippen molar-refractivity contribution in [3.8, 4) is 0 Å². The third-order valence-corrected chi connectivity index (χ3v) is 2.22. The fourth-order valence-corrected chi connectivity index (χ4v) is 1.44. The van der Waals surface area contributed by atoms with E-state index in [-0.39, 0.29) is 12.0 Å². The van der Waals surface area contributed by atoms with Gasteiger partial charge in [0.05, 0.1) is 16.6 Å². The van der Waals surface area contributed by atoms with Crippen molar-refractivity contribution in [3.05, 3.63) is 0 Å². The molecule has 1 unspecified atom stereocenters. The number of aliphatic imine (C=N–C) groups is 1. The first-order valence-electron chi connectivity index (χ1n) is 4.14. The maximum absolute atomic E-state index is 10.9. The summed E-state index contributed by atoms with van der Waals surface area (Å²) in [5.74, 6) is -0.721. The van der Waals surface area contributed by atoms with E-state index in [0.29, 0.717) is 0 Å². The molecule has 0 aliphatic carbocycles. The molecule has 0 aromatic carbocycles. The molecular weight excluding hydrogens is 186 g/mol. The van der Waals surface area contributed by atoms with Crippen molar-refractivity contribution in [1.82, 2.24) is 0 Å². The van der Waals surface area contributed by atoms with Gasteiger partial charge >= 0.3 is 5.97 Å². The monoisotopic (exact) mass is 201 g/mol. The molecule has 0 rings (SSSR count). The quantitative estimate of drug-likeness (QED) is 0.560. The van der Waals surface area contributed by atoms with E-state index in [9.17, 15) is 4.79 Å². The average Bonchev–Trinajstić information content (AvgIpc) is 1.98. The van der Waals surface area contributed by atoms with E-state index in [2.05, 4.69) is 22.4 Å². The zero-order chi connectivity index (χ0) is 10.6. The molecule has 0 aromatic heterocycles. The van der Waals surface area contributed by atoms with Crippen LogP contribution in [0.4, 0.5) is 0 Å². The molecule has 0 aliphatic rings. The Hall–Kier alpha value is -0.730. The molecule has 0 saturated heterocycles. The Labute approximate surface area is 83.9 Å².